The zero-order valence-electron chi connectivity index (χ0n) is 10.6. The van der Waals surface area contributed by atoms with E-state index in [-0.39, 0.29) is 0 Å². The maximum atomic E-state index is 4.43. The summed E-state index contributed by atoms with van der Waals surface area (Å²) in [6.07, 6.45) is 3.27. The van der Waals surface area contributed by atoms with Gasteiger partial charge in [-0.2, -0.15) is 5.10 Å². The molecule has 0 aromatic carbocycles. The number of anilines is 1. The fraction of sp³-hybridized carbons (Fsp3) is 0.769. The number of hydrogen-bond acceptors (Lipinski definition) is 4. The average Bonchev–Trinajstić information content (AvgIpc) is 2.86. The van der Waals surface area contributed by atoms with Gasteiger partial charge in [-0.15, -0.1) is 0 Å². The van der Waals surface area contributed by atoms with E-state index in [1.165, 1.54) is 25.3 Å². The second-order valence-corrected chi connectivity index (χ2v) is 5.84. The van der Waals surface area contributed by atoms with Crippen molar-refractivity contribution >= 4 is 5.82 Å². The number of nitrogens with one attached hydrogen (secondary N) is 3. The number of fused-ring (bicyclic) bond motifs is 1. The summed E-state index contributed by atoms with van der Waals surface area (Å²) < 4.78 is 2.14. The van der Waals surface area contributed by atoms with Gasteiger partial charge in [0.05, 0.1) is 12.2 Å². The van der Waals surface area contributed by atoms with E-state index in [0.717, 1.165) is 37.4 Å². The lowest BCUT2D eigenvalue weighted by molar-refractivity contribution is 0.321. The van der Waals surface area contributed by atoms with E-state index in [1.54, 1.807) is 0 Å². The van der Waals surface area contributed by atoms with Gasteiger partial charge in [-0.3, -0.25) is 0 Å². The SMILES string of the molecule is c1cc(NCC2[C@H]3CNCC[C@@H]23)n(C2CNC2)n1. The average molecular weight is 247 g/mol. The molecule has 3 fully saturated rings. The molecule has 0 bridgehead atoms. The van der Waals surface area contributed by atoms with Gasteiger partial charge in [0.15, 0.2) is 0 Å². The van der Waals surface area contributed by atoms with Crippen molar-refractivity contribution in [2.24, 2.45) is 17.8 Å². The third-order valence-corrected chi connectivity index (χ3v) is 4.84. The molecule has 0 amide bonds. The molecule has 3 aliphatic rings. The smallest absolute Gasteiger partial charge is 0.124 e. The Bertz CT molecular complexity index is 413. The Morgan fingerprint density at radius 1 is 1.28 bits per heavy atom. The van der Waals surface area contributed by atoms with Crippen LogP contribution < -0.4 is 16.0 Å². The Hall–Kier alpha value is -1.07. The molecule has 18 heavy (non-hydrogen) atoms. The highest BCUT2D eigenvalue weighted by Gasteiger charge is 2.50. The van der Waals surface area contributed by atoms with Gasteiger partial charge in [0, 0.05) is 25.7 Å². The molecule has 3 N–H and O–H groups in total. The highest BCUT2D eigenvalue weighted by molar-refractivity contribution is 5.35. The van der Waals surface area contributed by atoms with Crippen LogP contribution in [0.4, 0.5) is 5.82 Å². The maximum Gasteiger partial charge on any atom is 0.124 e. The van der Waals surface area contributed by atoms with Crippen molar-refractivity contribution in [1.82, 2.24) is 20.4 Å². The molecule has 1 saturated carbocycles. The lowest BCUT2D eigenvalue weighted by Gasteiger charge is -2.29. The fourth-order valence-corrected chi connectivity index (χ4v) is 3.51. The predicted octanol–water partition coefficient (Wildman–Crippen LogP) is 0.295. The molecule has 1 aliphatic carbocycles. The van der Waals surface area contributed by atoms with Gasteiger partial charge in [-0.05, 0) is 37.3 Å². The summed E-state index contributed by atoms with van der Waals surface area (Å²) in [6.45, 7) is 5.65. The van der Waals surface area contributed by atoms with E-state index in [9.17, 15) is 0 Å². The van der Waals surface area contributed by atoms with Gasteiger partial charge in [-0.25, -0.2) is 4.68 Å². The van der Waals surface area contributed by atoms with Crippen LogP contribution in [-0.2, 0) is 0 Å². The largest absolute Gasteiger partial charge is 0.370 e. The molecule has 1 aromatic rings. The van der Waals surface area contributed by atoms with Crippen molar-refractivity contribution in [3.8, 4) is 0 Å². The van der Waals surface area contributed by atoms with Crippen molar-refractivity contribution < 1.29 is 0 Å². The van der Waals surface area contributed by atoms with Gasteiger partial charge in [-0.1, -0.05) is 0 Å². The molecule has 5 nitrogen and oxygen atoms in total. The zero-order valence-corrected chi connectivity index (χ0v) is 10.6. The van der Waals surface area contributed by atoms with Gasteiger partial charge in [0.2, 0.25) is 0 Å². The number of hydrogen-bond donors (Lipinski definition) is 3. The van der Waals surface area contributed by atoms with Crippen molar-refractivity contribution in [3.05, 3.63) is 12.3 Å². The summed E-state index contributed by atoms with van der Waals surface area (Å²) in [6, 6.07) is 2.65. The maximum absolute atomic E-state index is 4.43. The van der Waals surface area contributed by atoms with E-state index >= 15 is 0 Å². The Morgan fingerprint density at radius 2 is 2.22 bits per heavy atom. The van der Waals surface area contributed by atoms with E-state index in [0.29, 0.717) is 6.04 Å². The zero-order chi connectivity index (χ0) is 11.9. The van der Waals surface area contributed by atoms with Gasteiger partial charge in [0.25, 0.3) is 0 Å². The first kappa shape index (κ1) is 10.8. The van der Waals surface area contributed by atoms with Crippen molar-refractivity contribution in [3.63, 3.8) is 0 Å². The Kier molecular flexibility index (Phi) is 2.55. The summed E-state index contributed by atoms with van der Waals surface area (Å²) in [4.78, 5) is 0. The van der Waals surface area contributed by atoms with Gasteiger partial charge in [0.1, 0.15) is 5.82 Å². The highest BCUT2D eigenvalue weighted by atomic mass is 15.4. The number of nitrogens with zero attached hydrogens (tertiary/aromatic N) is 2. The molecule has 3 atom stereocenters. The van der Waals surface area contributed by atoms with Crippen LogP contribution in [0.2, 0.25) is 0 Å². The molecular formula is C13H21N5. The summed E-state index contributed by atoms with van der Waals surface area (Å²) in [7, 11) is 0. The summed E-state index contributed by atoms with van der Waals surface area (Å²) in [5, 5.41) is 14.8. The third-order valence-electron chi connectivity index (χ3n) is 4.84. The second kappa shape index (κ2) is 4.24. The second-order valence-electron chi connectivity index (χ2n) is 5.84. The molecule has 5 heteroatoms. The highest BCUT2D eigenvalue weighted by Crippen LogP contribution is 2.49. The first-order valence-corrected chi connectivity index (χ1v) is 7.12. The number of rotatable bonds is 4. The van der Waals surface area contributed by atoms with Crippen LogP contribution in [0.3, 0.4) is 0 Å². The Balaban J connectivity index is 1.36. The normalized spacial score (nSPS) is 34.8. The van der Waals surface area contributed by atoms with Crippen LogP contribution in [-0.4, -0.2) is 42.5 Å². The molecule has 1 aromatic heterocycles. The lowest BCUT2D eigenvalue weighted by Crippen LogP contribution is -2.44. The number of aromatic nitrogens is 2. The molecular weight excluding hydrogens is 226 g/mol. The fourth-order valence-electron chi connectivity index (χ4n) is 3.51. The van der Waals surface area contributed by atoms with Crippen LogP contribution in [0.15, 0.2) is 12.3 Å². The monoisotopic (exact) mass is 247 g/mol. The van der Waals surface area contributed by atoms with Crippen LogP contribution >= 0.6 is 0 Å². The molecule has 2 saturated heterocycles. The summed E-state index contributed by atoms with van der Waals surface area (Å²) in [5.74, 6) is 3.97. The first-order valence-electron chi connectivity index (χ1n) is 7.12. The van der Waals surface area contributed by atoms with Crippen molar-refractivity contribution in [2.75, 3.05) is 38.0 Å². The molecule has 4 rings (SSSR count). The van der Waals surface area contributed by atoms with E-state index in [4.69, 9.17) is 0 Å². The van der Waals surface area contributed by atoms with Crippen LogP contribution in [0, 0.1) is 17.8 Å². The number of piperidine rings is 1. The van der Waals surface area contributed by atoms with Crippen LogP contribution in [0.25, 0.3) is 0 Å². The molecule has 2 aliphatic heterocycles. The Morgan fingerprint density at radius 3 is 2.94 bits per heavy atom. The molecule has 98 valence electrons. The molecule has 0 spiro atoms. The first-order chi connectivity index (χ1) is 8.93. The minimum Gasteiger partial charge on any atom is -0.370 e. The minimum atomic E-state index is 0.547. The van der Waals surface area contributed by atoms with Crippen molar-refractivity contribution in [1.29, 1.82) is 0 Å². The van der Waals surface area contributed by atoms with Crippen molar-refractivity contribution in [2.45, 2.75) is 12.5 Å². The Labute approximate surface area is 107 Å². The lowest BCUT2D eigenvalue weighted by atomic mass is 10.2. The molecule has 0 radical (unpaired) electrons. The van der Waals surface area contributed by atoms with Crippen LogP contribution in [0.1, 0.15) is 12.5 Å². The molecule has 3 heterocycles. The third kappa shape index (κ3) is 1.73. The van der Waals surface area contributed by atoms with Crippen LogP contribution in [0.5, 0.6) is 0 Å². The van der Waals surface area contributed by atoms with E-state index in [1.807, 2.05) is 6.20 Å². The van der Waals surface area contributed by atoms with Gasteiger partial charge < -0.3 is 16.0 Å². The molecule has 1 unspecified atom stereocenters. The summed E-state index contributed by atoms with van der Waals surface area (Å²) >= 11 is 0. The van der Waals surface area contributed by atoms with Gasteiger partial charge >= 0.3 is 0 Å². The van der Waals surface area contributed by atoms with E-state index in [2.05, 4.69) is 31.8 Å². The predicted molar refractivity (Wildman–Crippen MR) is 70.6 cm³/mol. The standard InChI is InChI=1S/C13H21N5/c1-3-14-7-11-10(1)12(11)8-16-13-2-4-17-18(13)9-5-15-6-9/h2,4,9-12,14-16H,1,3,5-8H2/t10-,11+,12?/m1/s1. The quantitative estimate of drug-likeness (QED) is 0.716. The minimum absolute atomic E-state index is 0.547. The topological polar surface area (TPSA) is 53.9 Å². The summed E-state index contributed by atoms with van der Waals surface area (Å²) in [5.41, 5.74) is 0. The van der Waals surface area contributed by atoms with E-state index < -0.39 is 0 Å².